The van der Waals surface area contributed by atoms with E-state index in [4.69, 9.17) is 0 Å². The Morgan fingerprint density at radius 2 is 2.07 bits per heavy atom. The summed E-state index contributed by atoms with van der Waals surface area (Å²) in [4.78, 5) is 6.46. The fourth-order valence-corrected chi connectivity index (χ4v) is 2.94. The molecule has 0 fully saturated rings. The van der Waals surface area contributed by atoms with Gasteiger partial charge in [-0.1, -0.05) is 26.0 Å². The topological polar surface area (TPSA) is 57.5 Å². The van der Waals surface area contributed by atoms with Crippen LogP contribution in [0.2, 0.25) is 0 Å². The van der Waals surface area contributed by atoms with Gasteiger partial charge in [-0.3, -0.25) is 9.67 Å². The summed E-state index contributed by atoms with van der Waals surface area (Å²) in [6, 6.07) is 6.92. The van der Waals surface area contributed by atoms with Gasteiger partial charge < -0.3 is 15.5 Å². The van der Waals surface area contributed by atoms with Crippen molar-refractivity contribution in [1.82, 2.24) is 25.3 Å². The van der Waals surface area contributed by atoms with Crippen LogP contribution >= 0.6 is 0 Å². The van der Waals surface area contributed by atoms with E-state index < -0.39 is 0 Å². The van der Waals surface area contributed by atoms with Crippen molar-refractivity contribution in [2.24, 2.45) is 12.0 Å². The molecule has 0 aliphatic heterocycles. The Hall–Kier alpha value is -2.41. The summed E-state index contributed by atoms with van der Waals surface area (Å²) >= 11 is 0. The van der Waals surface area contributed by atoms with E-state index in [1.54, 1.807) is 23.9 Å². The van der Waals surface area contributed by atoms with Gasteiger partial charge >= 0.3 is 0 Å². The Morgan fingerprint density at radius 1 is 1.33 bits per heavy atom. The standard InChI is InChI=1S/C20H31FN6/c1-20(2,16-8-7-9-17(21)10-16)14-24-19(22-3)23-12-18(26(4)5)15-11-25-27(6)13-15/h7-11,13,18H,12,14H2,1-6H3,(H2,22,23,24). The molecule has 0 aliphatic rings. The number of nitrogens with zero attached hydrogens (tertiary/aromatic N) is 4. The number of aromatic nitrogens is 2. The lowest BCUT2D eigenvalue weighted by molar-refractivity contribution is 0.298. The normalized spacial score (nSPS) is 13.7. The minimum absolute atomic E-state index is 0.175. The first kappa shape index (κ1) is 20.9. The average molecular weight is 375 g/mol. The highest BCUT2D eigenvalue weighted by Crippen LogP contribution is 2.23. The van der Waals surface area contributed by atoms with E-state index in [0.717, 1.165) is 17.1 Å². The van der Waals surface area contributed by atoms with Crippen molar-refractivity contribution < 1.29 is 4.39 Å². The molecule has 1 heterocycles. The second-order valence-electron chi connectivity index (χ2n) is 7.63. The third kappa shape index (κ3) is 5.79. The molecule has 7 heteroatoms. The first-order chi connectivity index (χ1) is 12.7. The summed E-state index contributed by atoms with van der Waals surface area (Å²) < 4.78 is 15.3. The molecule has 6 nitrogen and oxygen atoms in total. The van der Waals surface area contributed by atoms with Crippen molar-refractivity contribution in [3.05, 3.63) is 53.6 Å². The van der Waals surface area contributed by atoms with Crippen LogP contribution in [0, 0.1) is 5.82 Å². The Labute approximate surface area is 161 Å². The van der Waals surface area contributed by atoms with E-state index in [-0.39, 0.29) is 17.3 Å². The van der Waals surface area contributed by atoms with Gasteiger partial charge in [-0.15, -0.1) is 0 Å². The van der Waals surface area contributed by atoms with Crippen molar-refractivity contribution in [3.63, 3.8) is 0 Å². The number of aryl methyl sites for hydroxylation is 1. The second kappa shape index (κ2) is 8.99. The third-order valence-electron chi connectivity index (χ3n) is 4.72. The van der Waals surface area contributed by atoms with Crippen molar-refractivity contribution in [2.75, 3.05) is 34.2 Å². The predicted octanol–water partition coefficient (Wildman–Crippen LogP) is 2.30. The number of halogens is 1. The van der Waals surface area contributed by atoms with Crippen LogP contribution in [-0.2, 0) is 12.5 Å². The van der Waals surface area contributed by atoms with Crippen molar-refractivity contribution >= 4 is 5.96 Å². The molecule has 0 saturated carbocycles. The number of likely N-dealkylation sites (N-methyl/N-ethyl adjacent to an activating group) is 1. The smallest absolute Gasteiger partial charge is 0.191 e. The van der Waals surface area contributed by atoms with Gasteiger partial charge in [0.15, 0.2) is 5.96 Å². The lowest BCUT2D eigenvalue weighted by Crippen LogP contribution is -2.45. The summed E-state index contributed by atoms with van der Waals surface area (Å²) in [6.07, 6.45) is 3.91. The van der Waals surface area contributed by atoms with Gasteiger partial charge in [0.25, 0.3) is 0 Å². The molecule has 27 heavy (non-hydrogen) atoms. The fourth-order valence-electron chi connectivity index (χ4n) is 2.94. The molecule has 0 saturated heterocycles. The van der Waals surface area contributed by atoms with E-state index in [2.05, 4.69) is 39.5 Å². The summed E-state index contributed by atoms with van der Waals surface area (Å²) in [5, 5.41) is 11.0. The van der Waals surface area contributed by atoms with Gasteiger partial charge in [0.05, 0.1) is 12.2 Å². The van der Waals surface area contributed by atoms with Gasteiger partial charge in [0.2, 0.25) is 0 Å². The van der Waals surface area contributed by atoms with Crippen LogP contribution in [0.5, 0.6) is 0 Å². The largest absolute Gasteiger partial charge is 0.356 e. The summed E-state index contributed by atoms with van der Waals surface area (Å²) in [5.41, 5.74) is 1.86. The van der Waals surface area contributed by atoms with Crippen LogP contribution in [0.4, 0.5) is 4.39 Å². The molecular weight excluding hydrogens is 343 g/mol. The maximum absolute atomic E-state index is 13.5. The van der Waals surface area contributed by atoms with Gasteiger partial charge in [-0.25, -0.2) is 4.39 Å². The Balaban J connectivity index is 1.97. The van der Waals surface area contributed by atoms with Crippen LogP contribution < -0.4 is 10.6 Å². The Kier molecular flexibility index (Phi) is 6.96. The summed E-state index contributed by atoms with van der Waals surface area (Å²) in [5.74, 6) is 0.503. The molecule has 0 spiro atoms. The molecular formula is C20H31FN6. The highest BCUT2D eigenvalue weighted by atomic mass is 19.1. The van der Waals surface area contributed by atoms with E-state index >= 15 is 0 Å². The molecule has 0 amide bonds. The van der Waals surface area contributed by atoms with Crippen molar-refractivity contribution in [3.8, 4) is 0 Å². The fraction of sp³-hybridized carbons (Fsp3) is 0.500. The summed E-state index contributed by atoms with van der Waals surface area (Å²) in [6.45, 7) is 5.50. The number of rotatable bonds is 7. The van der Waals surface area contributed by atoms with E-state index in [1.165, 1.54) is 6.07 Å². The van der Waals surface area contributed by atoms with Crippen LogP contribution in [0.25, 0.3) is 0 Å². The highest BCUT2D eigenvalue weighted by Gasteiger charge is 2.22. The van der Waals surface area contributed by atoms with Gasteiger partial charge in [0.1, 0.15) is 5.82 Å². The monoisotopic (exact) mass is 374 g/mol. The molecule has 1 unspecified atom stereocenters. The maximum atomic E-state index is 13.5. The van der Waals surface area contributed by atoms with Crippen molar-refractivity contribution in [2.45, 2.75) is 25.3 Å². The second-order valence-corrected chi connectivity index (χ2v) is 7.63. The SMILES string of the molecule is CN=C(NCC(c1cnn(C)c1)N(C)C)NCC(C)(C)c1cccc(F)c1. The van der Waals surface area contributed by atoms with Crippen molar-refractivity contribution in [1.29, 1.82) is 0 Å². The molecule has 0 aliphatic carbocycles. The van der Waals surface area contributed by atoms with Gasteiger partial charge in [-0.2, -0.15) is 5.10 Å². The van der Waals surface area contributed by atoms with Crippen LogP contribution in [0.15, 0.2) is 41.7 Å². The highest BCUT2D eigenvalue weighted by molar-refractivity contribution is 5.79. The molecule has 2 aromatic rings. The summed E-state index contributed by atoms with van der Waals surface area (Å²) in [7, 11) is 7.75. The van der Waals surface area contributed by atoms with E-state index in [0.29, 0.717) is 13.1 Å². The molecule has 148 valence electrons. The lowest BCUT2D eigenvalue weighted by Gasteiger charge is -2.28. The van der Waals surface area contributed by atoms with Gasteiger partial charge in [0, 0.05) is 44.4 Å². The molecule has 2 N–H and O–H groups in total. The molecule has 1 aromatic carbocycles. The zero-order chi connectivity index (χ0) is 20.0. The quantitative estimate of drug-likeness (QED) is 0.577. The number of aliphatic imine (C=N–C) groups is 1. The average Bonchev–Trinajstić information content (AvgIpc) is 3.03. The molecule has 0 radical (unpaired) electrons. The lowest BCUT2D eigenvalue weighted by atomic mass is 9.84. The maximum Gasteiger partial charge on any atom is 0.191 e. The minimum Gasteiger partial charge on any atom is -0.356 e. The van der Waals surface area contributed by atoms with Gasteiger partial charge in [-0.05, 0) is 31.8 Å². The number of hydrogen-bond acceptors (Lipinski definition) is 3. The molecule has 2 rings (SSSR count). The zero-order valence-electron chi connectivity index (χ0n) is 17.1. The number of hydrogen-bond donors (Lipinski definition) is 2. The Morgan fingerprint density at radius 3 is 2.63 bits per heavy atom. The minimum atomic E-state index is -0.232. The van der Waals surface area contributed by atoms with Crippen LogP contribution in [0.1, 0.15) is 31.0 Å². The number of nitrogens with one attached hydrogen (secondary N) is 2. The van der Waals surface area contributed by atoms with E-state index in [9.17, 15) is 4.39 Å². The first-order valence-electron chi connectivity index (χ1n) is 9.08. The zero-order valence-corrected chi connectivity index (χ0v) is 17.1. The number of guanidine groups is 1. The molecule has 1 atom stereocenters. The first-order valence-corrected chi connectivity index (χ1v) is 9.08. The van der Waals surface area contributed by atoms with E-state index in [1.807, 2.05) is 39.6 Å². The predicted molar refractivity (Wildman–Crippen MR) is 108 cm³/mol. The molecule has 1 aromatic heterocycles. The van der Waals surface area contributed by atoms with Crippen LogP contribution in [0.3, 0.4) is 0 Å². The Bertz CT molecular complexity index is 765. The third-order valence-corrected chi connectivity index (χ3v) is 4.72. The van der Waals surface area contributed by atoms with Crippen LogP contribution in [-0.4, -0.2) is 54.9 Å². The number of benzene rings is 1. The molecule has 0 bridgehead atoms.